The maximum absolute atomic E-state index is 11.9. The van der Waals surface area contributed by atoms with Gasteiger partial charge in [-0.3, -0.25) is 4.79 Å². The molecule has 0 radical (unpaired) electrons. The SMILES string of the molecule is CCCCCC(C)NC(=O)CCc1nnc(-c2ccsc2)o1. The summed E-state index contributed by atoms with van der Waals surface area (Å²) in [5.74, 6) is 1.07. The van der Waals surface area contributed by atoms with Crippen molar-refractivity contribution in [2.75, 3.05) is 0 Å². The van der Waals surface area contributed by atoms with E-state index in [4.69, 9.17) is 4.42 Å². The Labute approximate surface area is 135 Å². The molecule has 0 spiro atoms. The monoisotopic (exact) mass is 321 g/mol. The summed E-state index contributed by atoms with van der Waals surface area (Å²) in [5, 5.41) is 14.9. The molecule has 0 aromatic carbocycles. The van der Waals surface area contributed by atoms with E-state index in [2.05, 4.69) is 29.4 Å². The molecule has 2 rings (SSSR count). The third-order valence-electron chi connectivity index (χ3n) is 3.45. The van der Waals surface area contributed by atoms with E-state index >= 15 is 0 Å². The number of thiophene rings is 1. The van der Waals surface area contributed by atoms with Crippen molar-refractivity contribution < 1.29 is 9.21 Å². The van der Waals surface area contributed by atoms with Gasteiger partial charge in [-0.05, 0) is 24.8 Å². The van der Waals surface area contributed by atoms with Crippen molar-refractivity contribution >= 4 is 17.2 Å². The van der Waals surface area contributed by atoms with Gasteiger partial charge < -0.3 is 9.73 Å². The summed E-state index contributed by atoms with van der Waals surface area (Å²) in [6.45, 7) is 4.23. The van der Waals surface area contributed by atoms with E-state index in [0.29, 0.717) is 24.6 Å². The number of unbranched alkanes of at least 4 members (excludes halogenated alkanes) is 2. The number of hydrogen-bond donors (Lipinski definition) is 1. The minimum Gasteiger partial charge on any atom is -0.421 e. The van der Waals surface area contributed by atoms with Gasteiger partial charge in [0, 0.05) is 29.8 Å². The summed E-state index contributed by atoms with van der Waals surface area (Å²) < 4.78 is 5.57. The van der Waals surface area contributed by atoms with Crippen LogP contribution < -0.4 is 5.32 Å². The Morgan fingerprint density at radius 2 is 2.27 bits per heavy atom. The van der Waals surface area contributed by atoms with Gasteiger partial charge >= 0.3 is 0 Å². The van der Waals surface area contributed by atoms with Gasteiger partial charge in [0.15, 0.2) is 0 Å². The molecule has 0 aliphatic heterocycles. The fourth-order valence-electron chi connectivity index (χ4n) is 2.20. The van der Waals surface area contributed by atoms with E-state index in [1.54, 1.807) is 11.3 Å². The Hall–Kier alpha value is -1.69. The van der Waals surface area contributed by atoms with Crippen LogP contribution in [0.1, 0.15) is 51.8 Å². The normalized spacial score (nSPS) is 12.3. The van der Waals surface area contributed by atoms with Gasteiger partial charge in [0.25, 0.3) is 0 Å². The lowest BCUT2D eigenvalue weighted by molar-refractivity contribution is -0.121. The van der Waals surface area contributed by atoms with Gasteiger partial charge in [0.2, 0.25) is 17.7 Å². The summed E-state index contributed by atoms with van der Waals surface area (Å²) in [6, 6.07) is 2.16. The number of aromatic nitrogens is 2. The first-order chi connectivity index (χ1) is 10.7. The van der Waals surface area contributed by atoms with Crippen molar-refractivity contribution in [1.29, 1.82) is 0 Å². The zero-order chi connectivity index (χ0) is 15.8. The predicted octanol–water partition coefficient (Wildman–Crippen LogP) is 3.82. The van der Waals surface area contributed by atoms with Crippen molar-refractivity contribution in [3.63, 3.8) is 0 Å². The summed E-state index contributed by atoms with van der Waals surface area (Å²) in [6.07, 6.45) is 5.46. The third kappa shape index (κ3) is 5.26. The summed E-state index contributed by atoms with van der Waals surface area (Å²) in [7, 11) is 0. The predicted molar refractivity (Wildman–Crippen MR) is 87.7 cm³/mol. The molecule has 2 aromatic rings. The van der Waals surface area contributed by atoms with E-state index in [1.807, 2.05) is 16.8 Å². The maximum atomic E-state index is 11.9. The van der Waals surface area contributed by atoms with Crippen LogP contribution in [-0.4, -0.2) is 22.1 Å². The highest BCUT2D eigenvalue weighted by Crippen LogP contribution is 2.20. The Kier molecular flexibility index (Phi) is 6.58. The number of carbonyl (C=O) groups excluding carboxylic acids is 1. The van der Waals surface area contributed by atoms with Gasteiger partial charge in [0.1, 0.15) is 0 Å². The summed E-state index contributed by atoms with van der Waals surface area (Å²) in [4.78, 5) is 11.9. The summed E-state index contributed by atoms with van der Waals surface area (Å²) in [5.41, 5.74) is 0.928. The molecule has 120 valence electrons. The standard InChI is InChI=1S/C16H23N3O2S/c1-3-4-5-6-12(2)17-14(20)7-8-15-18-19-16(21-15)13-9-10-22-11-13/h9-12H,3-8H2,1-2H3,(H,17,20). The van der Waals surface area contributed by atoms with Crippen molar-refractivity contribution in [3.8, 4) is 11.5 Å². The second-order valence-corrected chi connectivity index (χ2v) is 6.26. The number of nitrogens with one attached hydrogen (secondary N) is 1. The maximum Gasteiger partial charge on any atom is 0.248 e. The average molecular weight is 321 g/mol. The molecule has 1 amide bonds. The number of carbonyl (C=O) groups is 1. The second-order valence-electron chi connectivity index (χ2n) is 5.48. The smallest absolute Gasteiger partial charge is 0.248 e. The fourth-order valence-corrected chi connectivity index (χ4v) is 2.83. The van der Waals surface area contributed by atoms with E-state index in [1.165, 1.54) is 12.8 Å². The molecule has 6 heteroatoms. The van der Waals surface area contributed by atoms with Crippen molar-refractivity contribution in [2.45, 2.75) is 58.4 Å². The topological polar surface area (TPSA) is 68.0 Å². The lowest BCUT2D eigenvalue weighted by atomic mass is 10.1. The van der Waals surface area contributed by atoms with E-state index < -0.39 is 0 Å². The highest BCUT2D eigenvalue weighted by atomic mass is 32.1. The minimum atomic E-state index is 0.0410. The fraction of sp³-hybridized carbons (Fsp3) is 0.562. The first kappa shape index (κ1) is 16.7. The molecule has 2 heterocycles. The van der Waals surface area contributed by atoms with E-state index in [0.717, 1.165) is 18.4 Å². The zero-order valence-electron chi connectivity index (χ0n) is 13.2. The lowest BCUT2D eigenvalue weighted by Gasteiger charge is -2.13. The highest BCUT2D eigenvalue weighted by molar-refractivity contribution is 7.08. The van der Waals surface area contributed by atoms with Gasteiger partial charge in [0.05, 0.1) is 0 Å². The van der Waals surface area contributed by atoms with Crippen LogP contribution in [0.15, 0.2) is 21.2 Å². The Balaban J connectivity index is 1.72. The van der Waals surface area contributed by atoms with Crippen LogP contribution in [-0.2, 0) is 11.2 Å². The lowest BCUT2D eigenvalue weighted by Crippen LogP contribution is -2.32. The molecule has 0 fully saturated rings. The zero-order valence-corrected chi connectivity index (χ0v) is 14.0. The molecule has 0 aliphatic rings. The number of aryl methyl sites for hydroxylation is 1. The molecular formula is C16H23N3O2S. The number of rotatable bonds is 9. The van der Waals surface area contributed by atoms with Crippen LogP contribution in [0.2, 0.25) is 0 Å². The molecule has 5 nitrogen and oxygen atoms in total. The molecule has 0 aliphatic carbocycles. The van der Waals surface area contributed by atoms with Crippen LogP contribution >= 0.6 is 11.3 Å². The van der Waals surface area contributed by atoms with Gasteiger partial charge in [-0.1, -0.05) is 26.2 Å². The molecule has 0 saturated heterocycles. The highest BCUT2D eigenvalue weighted by Gasteiger charge is 2.12. The number of nitrogens with zero attached hydrogens (tertiary/aromatic N) is 2. The van der Waals surface area contributed by atoms with Crippen molar-refractivity contribution in [2.24, 2.45) is 0 Å². The van der Waals surface area contributed by atoms with Gasteiger partial charge in [-0.25, -0.2) is 0 Å². The largest absolute Gasteiger partial charge is 0.421 e. The number of amides is 1. The quantitative estimate of drug-likeness (QED) is 0.713. The Morgan fingerprint density at radius 1 is 1.41 bits per heavy atom. The Morgan fingerprint density at radius 3 is 3.00 bits per heavy atom. The van der Waals surface area contributed by atoms with Gasteiger partial charge in [-0.15, -0.1) is 10.2 Å². The molecule has 0 bridgehead atoms. The van der Waals surface area contributed by atoms with Crippen LogP contribution in [0.4, 0.5) is 0 Å². The number of hydrogen-bond acceptors (Lipinski definition) is 5. The molecule has 1 unspecified atom stereocenters. The van der Waals surface area contributed by atoms with Crippen molar-refractivity contribution in [3.05, 3.63) is 22.7 Å². The minimum absolute atomic E-state index is 0.0410. The molecule has 1 atom stereocenters. The van der Waals surface area contributed by atoms with E-state index in [9.17, 15) is 4.79 Å². The first-order valence-electron chi connectivity index (χ1n) is 7.83. The third-order valence-corrected chi connectivity index (χ3v) is 4.13. The summed E-state index contributed by atoms with van der Waals surface area (Å²) >= 11 is 1.58. The van der Waals surface area contributed by atoms with Crippen LogP contribution in [0.5, 0.6) is 0 Å². The molecular weight excluding hydrogens is 298 g/mol. The van der Waals surface area contributed by atoms with Crippen LogP contribution in [0.3, 0.4) is 0 Å². The van der Waals surface area contributed by atoms with E-state index in [-0.39, 0.29) is 11.9 Å². The molecule has 22 heavy (non-hydrogen) atoms. The molecule has 0 saturated carbocycles. The average Bonchev–Trinajstić information content (AvgIpc) is 3.16. The van der Waals surface area contributed by atoms with Gasteiger partial charge in [-0.2, -0.15) is 11.3 Å². The molecule has 1 N–H and O–H groups in total. The van der Waals surface area contributed by atoms with Crippen LogP contribution in [0, 0.1) is 0 Å². The Bertz CT molecular complexity index is 566. The van der Waals surface area contributed by atoms with Crippen LogP contribution in [0.25, 0.3) is 11.5 Å². The first-order valence-corrected chi connectivity index (χ1v) is 8.77. The second kappa shape index (κ2) is 8.68. The molecule has 2 aromatic heterocycles. The van der Waals surface area contributed by atoms with Crippen molar-refractivity contribution in [1.82, 2.24) is 15.5 Å².